The van der Waals surface area contributed by atoms with Crippen LogP contribution in [0.15, 0.2) is 60.9 Å². The van der Waals surface area contributed by atoms with Crippen LogP contribution >= 0.6 is 11.3 Å². The number of amides is 2. The third kappa shape index (κ3) is 6.21. The van der Waals surface area contributed by atoms with E-state index in [0.717, 1.165) is 21.6 Å². The molecular weight excluding hydrogens is 452 g/mol. The number of ether oxygens (including phenoxy) is 2. The number of benzene rings is 1. The van der Waals surface area contributed by atoms with Crippen molar-refractivity contribution in [1.82, 2.24) is 9.88 Å². The van der Waals surface area contributed by atoms with Crippen LogP contribution in [-0.4, -0.2) is 41.6 Å². The van der Waals surface area contributed by atoms with Crippen molar-refractivity contribution in [2.45, 2.75) is 19.6 Å². The molecule has 2 aromatic heterocycles. The number of thiophene rings is 1. The summed E-state index contributed by atoms with van der Waals surface area (Å²) in [4.78, 5) is 31.4. The zero-order valence-corrected chi connectivity index (χ0v) is 19.4. The number of fused-ring (bicyclic) bond motifs is 1. The Morgan fingerprint density at radius 2 is 2.03 bits per heavy atom. The van der Waals surface area contributed by atoms with E-state index >= 15 is 0 Å². The highest BCUT2D eigenvalue weighted by atomic mass is 32.1. The molecule has 0 atom stereocenters. The Balaban J connectivity index is 1.25. The van der Waals surface area contributed by atoms with Gasteiger partial charge in [0.05, 0.1) is 25.4 Å². The number of rotatable bonds is 8. The van der Waals surface area contributed by atoms with E-state index in [1.165, 1.54) is 17.4 Å². The SMILES string of the molecule is Nc1c(NC(=O)/C=C/c2cccnc2)sc2c1CCN(C(=O)OCCOCc1ccccc1)C2. The highest BCUT2D eigenvalue weighted by Crippen LogP contribution is 2.39. The maximum absolute atomic E-state index is 12.5. The summed E-state index contributed by atoms with van der Waals surface area (Å²) < 4.78 is 10.9. The van der Waals surface area contributed by atoms with Crippen molar-refractivity contribution in [3.8, 4) is 0 Å². The second-order valence-electron chi connectivity index (χ2n) is 7.68. The molecule has 0 saturated carbocycles. The van der Waals surface area contributed by atoms with Gasteiger partial charge < -0.3 is 25.4 Å². The van der Waals surface area contributed by atoms with Gasteiger partial charge in [0.15, 0.2) is 0 Å². The number of nitrogens with two attached hydrogens (primary N) is 1. The largest absolute Gasteiger partial charge is 0.447 e. The van der Waals surface area contributed by atoms with Crippen LogP contribution in [0.2, 0.25) is 0 Å². The van der Waals surface area contributed by atoms with Gasteiger partial charge in [-0.1, -0.05) is 36.4 Å². The molecule has 2 amide bonds. The van der Waals surface area contributed by atoms with Crippen molar-refractivity contribution in [2.75, 3.05) is 30.8 Å². The number of carbonyl (C=O) groups is 2. The third-order valence-electron chi connectivity index (χ3n) is 5.27. The summed E-state index contributed by atoms with van der Waals surface area (Å²) in [6.45, 7) is 1.90. The Morgan fingerprint density at radius 3 is 2.82 bits per heavy atom. The van der Waals surface area contributed by atoms with Gasteiger partial charge in [-0.05, 0) is 35.3 Å². The van der Waals surface area contributed by atoms with Gasteiger partial charge in [0.25, 0.3) is 0 Å². The number of nitrogens with one attached hydrogen (secondary N) is 1. The average Bonchev–Trinajstić information content (AvgIpc) is 3.18. The molecule has 0 unspecified atom stereocenters. The Hall–Kier alpha value is -3.69. The topological polar surface area (TPSA) is 107 Å². The minimum absolute atomic E-state index is 0.187. The summed E-state index contributed by atoms with van der Waals surface area (Å²) in [5.41, 5.74) is 9.71. The lowest BCUT2D eigenvalue weighted by Gasteiger charge is -2.26. The molecule has 8 nitrogen and oxygen atoms in total. The lowest BCUT2D eigenvalue weighted by molar-refractivity contribution is -0.111. The first kappa shape index (κ1) is 23.5. The Bertz CT molecular complexity index is 1150. The first-order valence-electron chi connectivity index (χ1n) is 10.9. The number of carbonyl (C=O) groups excluding carboxylic acids is 2. The molecule has 3 heterocycles. The molecule has 3 N–H and O–H groups in total. The van der Waals surface area contributed by atoms with Crippen LogP contribution in [0, 0.1) is 0 Å². The summed E-state index contributed by atoms with van der Waals surface area (Å²) in [6, 6.07) is 13.5. The van der Waals surface area contributed by atoms with Gasteiger partial charge in [0, 0.05) is 29.9 Å². The smallest absolute Gasteiger partial charge is 0.410 e. The van der Waals surface area contributed by atoms with Crippen LogP contribution in [0.1, 0.15) is 21.6 Å². The molecule has 3 aromatic rings. The first-order valence-corrected chi connectivity index (χ1v) is 11.7. The average molecular weight is 479 g/mol. The predicted octanol–water partition coefficient (Wildman–Crippen LogP) is 4.09. The van der Waals surface area contributed by atoms with Crippen molar-refractivity contribution in [3.63, 3.8) is 0 Å². The molecule has 0 aliphatic carbocycles. The molecule has 0 bridgehead atoms. The summed E-state index contributed by atoms with van der Waals surface area (Å²) in [6.07, 6.45) is 6.70. The fraction of sp³-hybridized carbons (Fsp3) is 0.240. The van der Waals surface area contributed by atoms with E-state index in [1.807, 2.05) is 36.4 Å². The van der Waals surface area contributed by atoms with Gasteiger partial charge in [-0.25, -0.2) is 4.79 Å². The van der Waals surface area contributed by atoms with E-state index in [9.17, 15) is 9.59 Å². The lowest BCUT2D eigenvalue weighted by Crippen LogP contribution is -2.36. The van der Waals surface area contributed by atoms with Crippen molar-refractivity contribution in [2.24, 2.45) is 0 Å². The highest BCUT2D eigenvalue weighted by molar-refractivity contribution is 7.17. The maximum atomic E-state index is 12.5. The summed E-state index contributed by atoms with van der Waals surface area (Å²) in [5, 5.41) is 3.43. The fourth-order valence-electron chi connectivity index (χ4n) is 3.52. The van der Waals surface area contributed by atoms with Gasteiger partial charge in [0.1, 0.15) is 11.6 Å². The molecule has 4 rings (SSSR count). The van der Waals surface area contributed by atoms with Crippen molar-refractivity contribution in [3.05, 3.63) is 82.5 Å². The zero-order chi connectivity index (χ0) is 23.8. The number of hydrogen-bond donors (Lipinski definition) is 2. The molecule has 34 heavy (non-hydrogen) atoms. The van der Waals surface area contributed by atoms with Crippen molar-refractivity contribution < 1.29 is 19.1 Å². The van der Waals surface area contributed by atoms with Crippen LogP contribution in [-0.2, 0) is 33.8 Å². The van der Waals surface area contributed by atoms with Gasteiger partial charge in [-0.2, -0.15) is 0 Å². The van der Waals surface area contributed by atoms with E-state index in [1.54, 1.807) is 29.4 Å². The van der Waals surface area contributed by atoms with Crippen molar-refractivity contribution >= 4 is 40.1 Å². The Morgan fingerprint density at radius 1 is 1.18 bits per heavy atom. The maximum Gasteiger partial charge on any atom is 0.410 e. The van der Waals surface area contributed by atoms with E-state index < -0.39 is 0 Å². The van der Waals surface area contributed by atoms with E-state index in [0.29, 0.717) is 43.4 Å². The molecule has 176 valence electrons. The van der Waals surface area contributed by atoms with Crippen LogP contribution < -0.4 is 11.1 Å². The minimum Gasteiger partial charge on any atom is -0.447 e. The van der Waals surface area contributed by atoms with Crippen LogP contribution in [0.25, 0.3) is 6.08 Å². The summed E-state index contributed by atoms with van der Waals surface area (Å²) >= 11 is 1.39. The van der Waals surface area contributed by atoms with Crippen molar-refractivity contribution in [1.29, 1.82) is 0 Å². The zero-order valence-electron chi connectivity index (χ0n) is 18.6. The van der Waals surface area contributed by atoms with Gasteiger partial charge in [-0.3, -0.25) is 9.78 Å². The summed E-state index contributed by atoms with van der Waals surface area (Å²) in [7, 11) is 0. The highest BCUT2D eigenvalue weighted by Gasteiger charge is 2.27. The number of anilines is 2. The van der Waals surface area contributed by atoms with Gasteiger partial charge >= 0.3 is 6.09 Å². The number of pyridine rings is 1. The molecule has 9 heteroatoms. The molecule has 1 aliphatic heterocycles. The molecule has 0 fully saturated rings. The van der Waals surface area contributed by atoms with E-state index in [-0.39, 0.29) is 18.6 Å². The molecular formula is C25H26N4O4S. The van der Waals surface area contributed by atoms with Crippen LogP contribution in [0.5, 0.6) is 0 Å². The number of nitrogen functional groups attached to an aromatic ring is 1. The number of aromatic nitrogens is 1. The molecule has 1 aliphatic rings. The third-order valence-corrected chi connectivity index (χ3v) is 6.42. The number of nitrogens with zero attached hydrogens (tertiary/aromatic N) is 2. The Kier molecular flexibility index (Phi) is 7.90. The second kappa shape index (κ2) is 11.4. The fourth-order valence-corrected chi connectivity index (χ4v) is 4.71. The summed E-state index contributed by atoms with van der Waals surface area (Å²) in [5.74, 6) is -0.277. The predicted molar refractivity (Wildman–Crippen MR) is 132 cm³/mol. The minimum atomic E-state index is -0.383. The lowest BCUT2D eigenvalue weighted by atomic mass is 10.1. The molecule has 0 radical (unpaired) electrons. The van der Waals surface area contributed by atoms with Gasteiger partial charge in [0.2, 0.25) is 5.91 Å². The van der Waals surface area contributed by atoms with E-state index in [4.69, 9.17) is 15.2 Å². The molecule has 0 saturated heterocycles. The first-order chi connectivity index (χ1) is 16.6. The monoisotopic (exact) mass is 478 g/mol. The second-order valence-corrected chi connectivity index (χ2v) is 8.78. The number of hydrogen-bond acceptors (Lipinski definition) is 7. The normalized spacial score (nSPS) is 13.0. The van der Waals surface area contributed by atoms with E-state index in [2.05, 4.69) is 10.3 Å². The standard InChI is InChI=1S/C25H26N4O4S/c26-23-20-10-12-29(25(31)33-14-13-32-17-19-5-2-1-3-6-19)16-21(20)34-24(23)28-22(30)9-8-18-7-4-11-27-15-18/h1-9,11,15H,10,12-14,16-17,26H2,(H,28,30)/b9-8+. The Labute approximate surface area is 202 Å². The molecule has 1 aromatic carbocycles. The van der Waals surface area contributed by atoms with Gasteiger partial charge in [-0.15, -0.1) is 11.3 Å². The molecule has 0 spiro atoms. The van der Waals surface area contributed by atoms with Crippen LogP contribution in [0.3, 0.4) is 0 Å². The van der Waals surface area contributed by atoms with Crippen LogP contribution in [0.4, 0.5) is 15.5 Å². The quantitative estimate of drug-likeness (QED) is 0.373.